The highest BCUT2D eigenvalue weighted by Crippen LogP contribution is 2.45. The topological polar surface area (TPSA) is 30.0 Å². The van der Waals surface area contributed by atoms with Gasteiger partial charge in [0.2, 0.25) is 0 Å². The first-order valence-corrected chi connectivity index (χ1v) is 10.3. The first-order valence-electron chi connectivity index (χ1n) is 9.48. The summed E-state index contributed by atoms with van der Waals surface area (Å²) in [7, 11) is 0. The quantitative estimate of drug-likeness (QED) is 0.259. The Hall–Kier alpha value is -3.30. The second-order valence-electron chi connectivity index (χ2n) is 7.28. The lowest BCUT2D eigenvalue weighted by molar-refractivity contribution is 0.104. The van der Waals surface area contributed by atoms with E-state index < -0.39 is 0 Å². The molecule has 4 aromatic carbocycles. The number of rotatable bonds is 1. The normalized spacial score (nSPS) is 12.4. The molecule has 0 bridgehead atoms. The van der Waals surface area contributed by atoms with Crippen molar-refractivity contribution >= 4 is 43.4 Å². The van der Waals surface area contributed by atoms with Crippen molar-refractivity contribution in [1.29, 1.82) is 0 Å². The summed E-state index contributed by atoms with van der Waals surface area (Å²) in [6, 6.07) is 28.4. The molecule has 0 N–H and O–H groups in total. The highest BCUT2D eigenvalue weighted by molar-refractivity contribution is 9.10. The van der Waals surface area contributed by atoms with E-state index >= 15 is 0 Å². The molecule has 0 amide bonds. The van der Waals surface area contributed by atoms with Crippen LogP contribution in [0.15, 0.2) is 89.4 Å². The number of halogens is 1. The van der Waals surface area contributed by atoms with Crippen molar-refractivity contribution in [2.45, 2.75) is 0 Å². The fraction of sp³-hybridized carbons (Fsp3) is 0. The number of hydrogen-bond donors (Lipinski definition) is 0. The van der Waals surface area contributed by atoms with Gasteiger partial charge >= 0.3 is 0 Å². The van der Waals surface area contributed by atoms with Gasteiger partial charge in [0, 0.05) is 31.9 Å². The zero-order valence-electron chi connectivity index (χ0n) is 15.3. The molecule has 0 atom stereocenters. The molecule has 0 aliphatic heterocycles. The molecule has 0 fully saturated rings. The van der Waals surface area contributed by atoms with Crippen LogP contribution in [0.1, 0.15) is 15.9 Å². The highest BCUT2D eigenvalue weighted by Gasteiger charge is 2.32. The van der Waals surface area contributed by atoms with Crippen molar-refractivity contribution in [3.63, 3.8) is 0 Å². The van der Waals surface area contributed by atoms with E-state index in [9.17, 15) is 4.79 Å². The van der Waals surface area contributed by atoms with Crippen LogP contribution in [0.3, 0.4) is 0 Å². The summed E-state index contributed by atoms with van der Waals surface area (Å²) < 4.78 is 0.984. The third-order valence-electron chi connectivity index (χ3n) is 5.65. The number of pyridine rings is 1. The molecule has 5 aromatic rings. The smallest absolute Gasteiger partial charge is 0.196 e. The van der Waals surface area contributed by atoms with Crippen molar-refractivity contribution in [3.8, 4) is 22.4 Å². The van der Waals surface area contributed by atoms with E-state index in [1.54, 1.807) is 0 Å². The SMILES string of the molecule is O=C1c2ccccc2-c2nc3c(ccc4ccccc43)c(-c3cccc(Br)c3)c21. The number of hydrogen-bond acceptors (Lipinski definition) is 2. The fourth-order valence-corrected chi connectivity index (χ4v) is 4.78. The second-order valence-corrected chi connectivity index (χ2v) is 8.19. The molecule has 1 heterocycles. The number of carbonyl (C=O) groups excluding carboxylic acids is 1. The van der Waals surface area contributed by atoms with E-state index in [0.29, 0.717) is 5.56 Å². The maximum atomic E-state index is 13.4. The predicted octanol–water partition coefficient (Wildman–Crippen LogP) is 7.03. The Labute approximate surface area is 176 Å². The fourth-order valence-electron chi connectivity index (χ4n) is 4.38. The van der Waals surface area contributed by atoms with Gasteiger partial charge in [-0.05, 0) is 23.1 Å². The molecule has 0 saturated heterocycles. The van der Waals surface area contributed by atoms with Crippen LogP contribution in [0.2, 0.25) is 0 Å². The van der Waals surface area contributed by atoms with Gasteiger partial charge < -0.3 is 0 Å². The Morgan fingerprint density at radius 1 is 0.690 bits per heavy atom. The molecular formula is C26H14BrNO. The van der Waals surface area contributed by atoms with Gasteiger partial charge in [0.05, 0.1) is 16.8 Å². The predicted molar refractivity (Wildman–Crippen MR) is 121 cm³/mol. The first-order chi connectivity index (χ1) is 14.2. The standard InChI is InChI=1S/C26H14BrNO/c27-17-8-5-7-16(14-17)22-21-13-12-15-6-1-2-9-18(15)24(21)28-25-19-10-3-4-11-20(19)26(29)23(22)25/h1-14H. The minimum absolute atomic E-state index is 0.0492. The number of carbonyl (C=O) groups is 1. The summed E-state index contributed by atoms with van der Waals surface area (Å²) in [4.78, 5) is 18.5. The summed E-state index contributed by atoms with van der Waals surface area (Å²) in [6.45, 7) is 0. The molecule has 29 heavy (non-hydrogen) atoms. The molecule has 0 saturated carbocycles. The van der Waals surface area contributed by atoms with E-state index in [1.807, 2.05) is 48.5 Å². The molecule has 0 spiro atoms. The van der Waals surface area contributed by atoms with Gasteiger partial charge in [-0.2, -0.15) is 0 Å². The lowest BCUT2D eigenvalue weighted by Gasteiger charge is -2.14. The van der Waals surface area contributed by atoms with E-state index in [0.717, 1.165) is 54.1 Å². The highest BCUT2D eigenvalue weighted by atomic mass is 79.9. The van der Waals surface area contributed by atoms with Crippen LogP contribution in [0.25, 0.3) is 44.1 Å². The summed E-state index contributed by atoms with van der Waals surface area (Å²) in [5, 5.41) is 3.24. The van der Waals surface area contributed by atoms with Crippen molar-refractivity contribution in [2.75, 3.05) is 0 Å². The summed E-state index contributed by atoms with van der Waals surface area (Å²) in [5.41, 5.74) is 6.03. The number of nitrogens with zero attached hydrogens (tertiary/aromatic N) is 1. The van der Waals surface area contributed by atoms with Crippen LogP contribution in [-0.2, 0) is 0 Å². The lowest BCUT2D eigenvalue weighted by atomic mass is 9.92. The maximum Gasteiger partial charge on any atom is 0.196 e. The van der Waals surface area contributed by atoms with Gasteiger partial charge in [-0.25, -0.2) is 4.98 Å². The Balaban J connectivity index is 1.85. The zero-order chi connectivity index (χ0) is 19.5. The third kappa shape index (κ3) is 2.34. The van der Waals surface area contributed by atoms with Crippen LogP contribution in [0.5, 0.6) is 0 Å². The minimum Gasteiger partial charge on any atom is -0.288 e. The minimum atomic E-state index is 0.0492. The summed E-state index contributed by atoms with van der Waals surface area (Å²) in [5.74, 6) is 0.0492. The molecule has 1 aromatic heterocycles. The van der Waals surface area contributed by atoms with Crippen molar-refractivity contribution in [1.82, 2.24) is 4.98 Å². The molecule has 1 aliphatic carbocycles. The molecule has 1 aliphatic rings. The average Bonchev–Trinajstić information content (AvgIpc) is 3.04. The lowest BCUT2D eigenvalue weighted by Crippen LogP contribution is -2.01. The van der Waals surface area contributed by atoms with E-state index in [1.165, 1.54) is 0 Å². The van der Waals surface area contributed by atoms with E-state index in [-0.39, 0.29) is 5.78 Å². The second kappa shape index (κ2) is 6.10. The molecular weight excluding hydrogens is 422 g/mol. The summed E-state index contributed by atoms with van der Waals surface area (Å²) in [6.07, 6.45) is 0. The van der Waals surface area contributed by atoms with Crippen LogP contribution in [0.4, 0.5) is 0 Å². The molecule has 0 radical (unpaired) electrons. The van der Waals surface area contributed by atoms with E-state index in [4.69, 9.17) is 4.98 Å². The van der Waals surface area contributed by atoms with Gasteiger partial charge in [-0.1, -0.05) is 88.7 Å². The number of aromatic nitrogens is 1. The van der Waals surface area contributed by atoms with Gasteiger partial charge in [-0.3, -0.25) is 4.79 Å². The Kier molecular flexibility index (Phi) is 3.50. The zero-order valence-corrected chi connectivity index (χ0v) is 16.9. The molecule has 0 unspecified atom stereocenters. The largest absolute Gasteiger partial charge is 0.288 e. The monoisotopic (exact) mass is 435 g/mol. The van der Waals surface area contributed by atoms with Crippen molar-refractivity contribution in [2.24, 2.45) is 0 Å². The van der Waals surface area contributed by atoms with Crippen LogP contribution < -0.4 is 0 Å². The Morgan fingerprint density at radius 3 is 2.34 bits per heavy atom. The van der Waals surface area contributed by atoms with Gasteiger partial charge in [0.25, 0.3) is 0 Å². The Morgan fingerprint density at radius 2 is 1.48 bits per heavy atom. The Bertz CT molecular complexity index is 1490. The van der Waals surface area contributed by atoms with Gasteiger partial charge in [0.15, 0.2) is 5.78 Å². The number of ketones is 1. The molecule has 136 valence electrons. The van der Waals surface area contributed by atoms with Crippen LogP contribution >= 0.6 is 15.9 Å². The van der Waals surface area contributed by atoms with Crippen LogP contribution in [-0.4, -0.2) is 10.8 Å². The first kappa shape index (κ1) is 16.6. The number of benzene rings is 4. The van der Waals surface area contributed by atoms with Gasteiger partial charge in [0.1, 0.15) is 0 Å². The van der Waals surface area contributed by atoms with E-state index in [2.05, 4.69) is 52.3 Å². The summed E-state index contributed by atoms with van der Waals surface area (Å²) >= 11 is 3.59. The van der Waals surface area contributed by atoms with Gasteiger partial charge in [-0.15, -0.1) is 0 Å². The van der Waals surface area contributed by atoms with Crippen molar-refractivity contribution < 1.29 is 4.79 Å². The molecule has 2 nitrogen and oxygen atoms in total. The third-order valence-corrected chi connectivity index (χ3v) is 6.14. The molecule has 3 heteroatoms. The average molecular weight is 436 g/mol. The maximum absolute atomic E-state index is 13.4. The van der Waals surface area contributed by atoms with Crippen molar-refractivity contribution in [3.05, 3.63) is 101 Å². The number of fused-ring (bicyclic) bond motifs is 6. The molecule has 6 rings (SSSR count). The van der Waals surface area contributed by atoms with Crippen LogP contribution in [0, 0.1) is 0 Å².